The van der Waals surface area contributed by atoms with Gasteiger partial charge >= 0.3 is 6.18 Å². The number of aromatic nitrogens is 1. The number of nitrogens with two attached hydrogens (primary N) is 1. The summed E-state index contributed by atoms with van der Waals surface area (Å²) in [5, 5.41) is 4.96. The Morgan fingerprint density at radius 1 is 1.21 bits per heavy atom. The van der Waals surface area contributed by atoms with Crippen LogP contribution in [0.25, 0.3) is 11.3 Å². The fourth-order valence-corrected chi connectivity index (χ4v) is 2.29. The Morgan fingerprint density at radius 2 is 1.84 bits per heavy atom. The quantitative estimate of drug-likeness (QED) is 0.917. The minimum Gasteiger partial charge on any atom is -0.438 e. The van der Waals surface area contributed by atoms with Gasteiger partial charge in [0.2, 0.25) is 15.8 Å². The molecule has 102 valence electrons. The van der Waals surface area contributed by atoms with Crippen molar-refractivity contribution < 1.29 is 26.0 Å². The first-order valence-electron chi connectivity index (χ1n) is 4.84. The third-order valence-electron chi connectivity index (χ3n) is 2.27. The topological polar surface area (TPSA) is 86.2 Å². The van der Waals surface area contributed by atoms with E-state index in [9.17, 15) is 21.6 Å². The van der Waals surface area contributed by atoms with Crippen molar-refractivity contribution in [2.75, 3.05) is 0 Å². The Balaban J connectivity index is 2.72. The maximum Gasteiger partial charge on any atom is 0.451 e. The van der Waals surface area contributed by atoms with Gasteiger partial charge in [0.25, 0.3) is 0 Å². The molecule has 1 aromatic carbocycles. The molecule has 0 atom stereocenters. The van der Waals surface area contributed by atoms with E-state index in [1.807, 2.05) is 0 Å². The monoisotopic (exact) mass is 292 g/mol. The first-order chi connectivity index (χ1) is 8.71. The van der Waals surface area contributed by atoms with Crippen molar-refractivity contribution in [2.45, 2.75) is 11.1 Å². The summed E-state index contributed by atoms with van der Waals surface area (Å²) in [5.74, 6) is -1.37. The molecule has 2 rings (SSSR count). The van der Waals surface area contributed by atoms with Crippen molar-refractivity contribution in [3.05, 3.63) is 36.4 Å². The summed E-state index contributed by atoms with van der Waals surface area (Å²) in [7, 11) is -4.17. The van der Waals surface area contributed by atoms with Crippen LogP contribution < -0.4 is 5.14 Å². The van der Waals surface area contributed by atoms with Gasteiger partial charge < -0.3 is 4.42 Å². The number of halogens is 3. The van der Waals surface area contributed by atoms with Gasteiger partial charge in [-0.1, -0.05) is 18.2 Å². The molecule has 0 aliphatic carbocycles. The number of benzene rings is 1. The minimum atomic E-state index is -4.78. The van der Waals surface area contributed by atoms with Crippen molar-refractivity contribution in [3.8, 4) is 11.3 Å². The molecule has 0 saturated heterocycles. The van der Waals surface area contributed by atoms with Gasteiger partial charge in [-0.15, -0.1) is 0 Å². The Morgan fingerprint density at radius 3 is 2.42 bits per heavy atom. The van der Waals surface area contributed by atoms with Crippen LogP contribution in [-0.2, 0) is 16.2 Å². The molecule has 1 heterocycles. The fourth-order valence-electron chi connectivity index (χ4n) is 1.55. The van der Waals surface area contributed by atoms with Gasteiger partial charge in [-0.3, -0.25) is 0 Å². The maximum absolute atomic E-state index is 12.7. The third-order valence-corrected chi connectivity index (χ3v) is 3.24. The lowest BCUT2D eigenvalue weighted by Crippen LogP contribution is -2.14. The van der Waals surface area contributed by atoms with Gasteiger partial charge in [0.05, 0.1) is 4.90 Å². The molecule has 2 aromatic rings. The normalized spacial score (nSPS) is 12.6. The van der Waals surface area contributed by atoms with Crippen LogP contribution >= 0.6 is 0 Å². The van der Waals surface area contributed by atoms with Crippen LogP contribution in [0.3, 0.4) is 0 Å². The number of rotatable bonds is 2. The predicted molar refractivity (Wildman–Crippen MR) is 58.3 cm³/mol. The van der Waals surface area contributed by atoms with Crippen molar-refractivity contribution in [1.29, 1.82) is 0 Å². The van der Waals surface area contributed by atoms with Gasteiger partial charge in [0.1, 0.15) is 5.69 Å². The highest BCUT2D eigenvalue weighted by atomic mass is 32.2. The molecule has 0 bridgehead atoms. The molecule has 0 spiro atoms. The summed E-state index contributed by atoms with van der Waals surface area (Å²) in [6, 6.07) is 4.99. The molecule has 0 unspecified atom stereocenters. The second kappa shape index (κ2) is 4.35. The van der Waals surface area contributed by atoms with E-state index in [0.717, 1.165) is 6.07 Å². The van der Waals surface area contributed by atoms with Gasteiger partial charge in [0.15, 0.2) is 6.39 Å². The highest BCUT2D eigenvalue weighted by Gasteiger charge is 2.39. The molecule has 0 aliphatic rings. The van der Waals surface area contributed by atoms with Crippen LogP contribution in [0.4, 0.5) is 13.2 Å². The highest BCUT2D eigenvalue weighted by Crippen LogP contribution is 2.38. The Bertz CT molecular complexity index is 707. The summed E-state index contributed by atoms with van der Waals surface area (Å²) >= 11 is 0. The van der Waals surface area contributed by atoms with Gasteiger partial charge in [-0.25, -0.2) is 18.5 Å². The maximum atomic E-state index is 12.7. The molecule has 0 amide bonds. The molecule has 9 heteroatoms. The average molecular weight is 292 g/mol. The summed E-state index contributed by atoms with van der Waals surface area (Å²) in [5.41, 5.74) is -0.872. The molecular formula is C10H7F3N2O3S. The van der Waals surface area contributed by atoms with E-state index in [2.05, 4.69) is 9.40 Å². The third kappa shape index (κ3) is 2.61. The highest BCUT2D eigenvalue weighted by molar-refractivity contribution is 7.89. The Labute approximate surface area is 105 Å². The summed E-state index contributed by atoms with van der Waals surface area (Å²) in [6.07, 6.45) is -4.19. The molecule has 0 fully saturated rings. The molecule has 19 heavy (non-hydrogen) atoms. The standard InChI is InChI=1S/C10H7F3N2O3S/c11-10(12,13)9-8(15-5-18-9)6-3-1-2-4-7(6)19(14,16)17/h1-5H,(H2,14,16,17). The van der Waals surface area contributed by atoms with Crippen molar-refractivity contribution in [3.63, 3.8) is 0 Å². The van der Waals surface area contributed by atoms with Crippen LogP contribution in [-0.4, -0.2) is 13.4 Å². The smallest absolute Gasteiger partial charge is 0.438 e. The summed E-state index contributed by atoms with van der Waals surface area (Å²) in [6.45, 7) is 0. The van der Waals surface area contributed by atoms with Crippen molar-refractivity contribution in [1.82, 2.24) is 4.98 Å². The SMILES string of the molecule is NS(=O)(=O)c1ccccc1-c1ncoc1C(F)(F)F. The van der Waals surface area contributed by atoms with Crippen LogP contribution in [0.1, 0.15) is 5.76 Å². The van der Waals surface area contributed by atoms with Crippen LogP contribution in [0.5, 0.6) is 0 Å². The van der Waals surface area contributed by atoms with Crippen LogP contribution in [0, 0.1) is 0 Å². The number of hydrogen-bond acceptors (Lipinski definition) is 4. The number of primary sulfonamides is 1. The first-order valence-corrected chi connectivity index (χ1v) is 6.39. The lowest BCUT2D eigenvalue weighted by molar-refractivity contribution is -0.152. The zero-order valence-electron chi connectivity index (χ0n) is 9.18. The van der Waals surface area contributed by atoms with E-state index < -0.39 is 32.5 Å². The summed E-state index contributed by atoms with van der Waals surface area (Å²) in [4.78, 5) is 2.97. The van der Waals surface area contributed by atoms with E-state index in [4.69, 9.17) is 5.14 Å². The van der Waals surface area contributed by atoms with Gasteiger partial charge in [0, 0.05) is 5.56 Å². The van der Waals surface area contributed by atoms with E-state index in [1.54, 1.807) is 0 Å². The lowest BCUT2D eigenvalue weighted by Gasteiger charge is -2.08. The molecule has 0 saturated carbocycles. The second-order valence-corrected chi connectivity index (χ2v) is 5.10. The zero-order valence-corrected chi connectivity index (χ0v) is 9.99. The zero-order chi connectivity index (χ0) is 14.3. The molecule has 5 nitrogen and oxygen atoms in total. The van der Waals surface area contributed by atoms with Crippen LogP contribution in [0.15, 0.2) is 40.0 Å². The molecule has 1 aromatic heterocycles. The van der Waals surface area contributed by atoms with E-state index in [-0.39, 0.29) is 5.56 Å². The number of sulfonamides is 1. The van der Waals surface area contributed by atoms with Crippen molar-refractivity contribution in [2.24, 2.45) is 5.14 Å². The average Bonchev–Trinajstić information content (AvgIpc) is 2.76. The van der Waals surface area contributed by atoms with Gasteiger partial charge in [-0.05, 0) is 6.07 Å². The van der Waals surface area contributed by atoms with Gasteiger partial charge in [-0.2, -0.15) is 13.2 Å². The van der Waals surface area contributed by atoms with E-state index in [1.165, 1.54) is 18.2 Å². The first kappa shape index (κ1) is 13.6. The Kier molecular flexibility index (Phi) is 3.11. The molecule has 2 N–H and O–H groups in total. The minimum absolute atomic E-state index is 0.258. The second-order valence-electron chi connectivity index (χ2n) is 3.57. The Hall–Kier alpha value is -1.87. The van der Waals surface area contributed by atoms with Crippen molar-refractivity contribution >= 4 is 10.0 Å². The largest absolute Gasteiger partial charge is 0.451 e. The molecule has 0 radical (unpaired) electrons. The molecule has 0 aliphatic heterocycles. The lowest BCUT2D eigenvalue weighted by atomic mass is 10.1. The number of nitrogens with zero attached hydrogens (tertiary/aromatic N) is 1. The number of alkyl halides is 3. The molecular weight excluding hydrogens is 285 g/mol. The fraction of sp³-hybridized carbons (Fsp3) is 0.100. The van der Waals surface area contributed by atoms with Crippen LogP contribution in [0.2, 0.25) is 0 Å². The number of oxazole rings is 1. The summed E-state index contributed by atoms with van der Waals surface area (Å²) < 4.78 is 65.0. The number of hydrogen-bond donors (Lipinski definition) is 1. The van der Waals surface area contributed by atoms with E-state index in [0.29, 0.717) is 6.39 Å². The predicted octanol–water partition coefficient (Wildman–Crippen LogP) is 2.01. The van der Waals surface area contributed by atoms with E-state index >= 15 is 0 Å².